The lowest BCUT2D eigenvalue weighted by Crippen LogP contribution is -2.33. The number of hydrogen-bond acceptors (Lipinski definition) is 2. The lowest BCUT2D eigenvalue weighted by Gasteiger charge is -2.12. The molecule has 76 valence electrons. The van der Waals surface area contributed by atoms with Gasteiger partial charge in [-0.3, -0.25) is 4.79 Å². The fourth-order valence-electron chi connectivity index (χ4n) is 0.988. The highest BCUT2D eigenvalue weighted by atomic mass is 19.4. The number of Topliss-reactive ketones (excluding diaryl/α,β-unsaturated/α-hetero) is 1. The van der Waals surface area contributed by atoms with E-state index in [9.17, 15) is 18.0 Å². The third kappa shape index (κ3) is 2.32. The number of rotatable bonds is 2. The van der Waals surface area contributed by atoms with Crippen molar-refractivity contribution < 1.29 is 18.0 Å². The van der Waals surface area contributed by atoms with Gasteiger partial charge in [0.15, 0.2) is 0 Å². The van der Waals surface area contributed by atoms with E-state index in [2.05, 4.69) is 0 Å². The second kappa shape index (κ2) is 3.79. The molecular weight excluding hydrogens is 195 g/mol. The van der Waals surface area contributed by atoms with E-state index in [0.29, 0.717) is 0 Å². The van der Waals surface area contributed by atoms with Crippen LogP contribution in [0.5, 0.6) is 0 Å². The van der Waals surface area contributed by atoms with E-state index in [0.717, 1.165) is 0 Å². The van der Waals surface area contributed by atoms with Crippen molar-refractivity contribution in [3.8, 4) is 0 Å². The second-order valence-corrected chi connectivity index (χ2v) is 2.75. The average Bonchev–Trinajstić information content (AvgIpc) is 2.15. The third-order valence-electron chi connectivity index (χ3n) is 1.72. The van der Waals surface area contributed by atoms with Crippen molar-refractivity contribution in [3.63, 3.8) is 0 Å². The van der Waals surface area contributed by atoms with E-state index in [4.69, 9.17) is 5.73 Å². The van der Waals surface area contributed by atoms with Crippen molar-refractivity contribution in [2.75, 3.05) is 0 Å². The Balaban J connectivity index is 2.87. The van der Waals surface area contributed by atoms with Crippen LogP contribution >= 0.6 is 0 Å². The lowest BCUT2D eigenvalue weighted by molar-refractivity contribution is -0.172. The summed E-state index contributed by atoms with van der Waals surface area (Å²) >= 11 is 0. The monoisotopic (exact) mass is 203 g/mol. The molecule has 14 heavy (non-hydrogen) atoms. The van der Waals surface area contributed by atoms with Gasteiger partial charge in [0.1, 0.15) is 0 Å². The van der Waals surface area contributed by atoms with E-state index in [-0.39, 0.29) is 5.56 Å². The molecule has 0 saturated heterocycles. The minimum absolute atomic E-state index is 0.162. The summed E-state index contributed by atoms with van der Waals surface area (Å²) in [4.78, 5) is 10.7. The van der Waals surface area contributed by atoms with Gasteiger partial charge < -0.3 is 5.73 Å². The van der Waals surface area contributed by atoms with E-state index < -0.39 is 18.0 Å². The zero-order valence-electron chi connectivity index (χ0n) is 7.08. The van der Waals surface area contributed by atoms with Crippen molar-refractivity contribution in [2.45, 2.75) is 12.2 Å². The van der Waals surface area contributed by atoms with Gasteiger partial charge in [-0.25, -0.2) is 0 Å². The highest BCUT2D eigenvalue weighted by Gasteiger charge is 2.42. The van der Waals surface area contributed by atoms with Crippen molar-refractivity contribution >= 4 is 5.78 Å². The summed E-state index contributed by atoms with van der Waals surface area (Å²) in [6.45, 7) is 0. The number of benzene rings is 1. The summed E-state index contributed by atoms with van der Waals surface area (Å²) in [5, 5.41) is 0. The number of alkyl halides is 3. The maximum atomic E-state index is 12.0. The molecule has 0 radical (unpaired) electrons. The standard InChI is InChI=1S/C9H8F3NO/c10-9(11,12)8(14)7(13)6-4-2-1-3-5-6/h1-5,7H,13H2/t7-/m1/s1. The van der Waals surface area contributed by atoms with Crippen molar-refractivity contribution in [1.82, 2.24) is 0 Å². The maximum absolute atomic E-state index is 12.0. The van der Waals surface area contributed by atoms with Gasteiger partial charge >= 0.3 is 6.18 Å². The first-order valence-electron chi connectivity index (χ1n) is 3.84. The van der Waals surface area contributed by atoms with Crippen LogP contribution in [-0.2, 0) is 4.79 Å². The van der Waals surface area contributed by atoms with Gasteiger partial charge in [-0.05, 0) is 5.56 Å². The molecule has 5 heteroatoms. The Hall–Kier alpha value is -1.36. The Bertz CT molecular complexity index is 321. The molecule has 1 atom stereocenters. The average molecular weight is 203 g/mol. The van der Waals surface area contributed by atoms with Crippen molar-refractivity contribution in [2.24, 2.45) is 5.73 Å². The first-order chi connectivity index (χ1) is 6.43. The molecule has 0 aliphatic heterocycles. The zero-order valence-corrected chi connectivity index (χ0v) is 7.08. The number of ketones is 1. The van der Waals surface area contributed by atoms with Crippen LogP contribution in [0.3, 0.4) is 0 Å². The molecule has 1 aromatic carbocycles. The maximum Gasteiger partial charge on any atom is 0.452 e. The third-order valence-corrected chi connectivity index (χ3v) is 1.72. The van der Waals surface area contributed by atoms with E-state index >= 15 is 0 Å². The molecule has 0 fully saturated rings. The van der Waals surface area contributed by atoms with Gasteiger partial charge in [0.25, 0.3) is 5.78 Å². The van der Waals surface area contributed by atoms with Gasteiger partial charge in [-0.2, -0.15) is 13.2 Å². The normalized spacial score (nSPS) is 13.7. The number of carbonyl (C=O) groups excluding carboxylic acids is 1. The smallest absolute Gasteiger partial charge is 0.318 e. The topological polar surface area (TPSA) is 43.1 Å². The largest absolute Gasteiger partial charge is 0.452 e. The zero-order chi connectivity index (χ0) is 10.8. The summed E-state index contributed by atoms with van der Waals surface area (Å²) < 4.78 is 35.9. The van der Waals surface area contributed by atoms with Crippen LogP contribution in [0.15, 0.2) is 30.3 Å². The molecule has 0 heterocycles. The Morgan fingerprint density at radius 3 is 2.14 bits per heavy atom. The summed E-state index contributed by atoms with van der Waals surface area (Å²) in [5.74, 6) is -1.93. The summed E-state index contributed by atoms with van der Waals surface area (Å²) in [6, 6.07) is 5.82. The predicted molar refractivity (Wildman–Crippen MR) is 44.4 cm³/mol. The summed E-state index contributed by atoms with van der Waals surface area (Å²) in [7, 11) is 0. The van der Waals surface area contributed by atoms with Crippen molar-refractivity contribution in [1.29, 1.82) is 0 Å². The van der Waals surface area contributed by atoms with E-state index in [1.807, 2.05) is 0 Å². The molecule has 0 amide bonds. The number of halogens is 3. The summed E-state index contributed by atoms with van der Waals surface area (Å²) in [6.07, 6.45) is -4.88. The Morgan fingerprint density at radius 2 is 1.71 bits per heavy atom. The van der Waals surface area contributed by atoms with Crippen molar-refractivity contribution in [3.05, 3.63) is 35.9 Å². The molecule has 0 saturated carbocycles. The van der Waals surface area contributed by atoms with Gasteiger partial charge in [0.05, 0.1) is 6.04 Å². The fraction of sp³-hybridized carbons (Fsp3) is 0.222. The molecule has 0 unspecified atom stereocenters. The number of hydrogen-bond donors (Lipinski definition) is 1. The quantitative estimate of drug-likeness (QED) is 0.796. The molecule has 0 aliphatic rings. The van der Waals surface area contributed by atoms with Crippen LogP contribution in [0.25, 0.3) is 0 Å². The number of nitrogens with two attached hydrogens (primary N) is 1. The van der Waals surface area contributed by atoms with Crippen LogP contribution in [-0.4, -0.2) is 12.0 Å². The Kier molecular flexibility index (Phi) is 2.90. The van der Waals surface area contributed by atoms with Gasteiger partial charge in [0, 0.05) is 0 Å². The second-order valence-electron chi connectivity index (χ2n) is 2.75. The van der Waals surface area contributed by atoms with Crippen LogP contribution in [0, 0.1) is 0 Å². The highest BCUT2D eigenvalue weighted by molar-refractivity contribution is 5.89. The van der Waals surface area contributed by atoms with Crippen LogP contribution in [0.2, 0.25) is 0 Å². The molecule has 1 rings (SSSR count). The van der Waals surface area contributed by atoms with Gasteiger partial charge in [-0.15, -0.1) is 0 Å². The van der Waals surface area contributed by atoms with Gasteiger partial charge in [0.2, 0.25) is 0 Å². The molecule has 0 spiro atoms. The fourth-order valence-corrected chi connectivity index (χ4v) is 0.988. The molecule has 0 bridgehead atoms. The molecule has 0 aliphatic carbocycles. The first-order valence-corrected chi connectivity index (χ1v) is 3.84. The molecular formula is C9H8F3NO. The first kappa shape index (κ1) is 10.7. The number of carbonyl (C=O) groups is 1. The Morgan fingerprint density at radius 1 is 1.21 bits per heavy atom. The van der Waals surface area contributed by atoms with E-state index in [1.165, 1.54) is 24.3 Å². The molecule has 2 nitrogen and oxygen atoms in total. The van der Waals surface area contributed by atoms with Crippen LogP contribution in [0.4, 0.5) is 13.2 Å². The minimum Gasteiger partial charge on any atom is -0.318 e. The van der Waals surface area contributed by atoms with Gasteiger partial charge in [-0.1, -0.05) is 30.3 Å². The highest BCUT2D eigenvalue weighted by Crippen LogP contribution is 2.23. The minimum atomic E-state index is -4.88. The molecule has 0 aromatic heterocycles. The predicted octanol–water partition coefficient (Wildman–Crippen LogP) is 1.82. The van der Waals surface area contributed by atoms with Crippen LogP contribution < -0.4 is 5.73 Å². The molecule has 2 N–H and O–H groups in total. The lowest BCUT2D eigenvalue weighted by atomic mass is 10.0. The SMILES string of the molecule is N[C@@H](C(=O)C(F)(F)F)c1ccccc1. The Labute approximate surface area is 78.5 Å². The van der Waals surface area contributed by atoms with E-state index in [1.54, 1.807) is 6.07 Å². The van der Waals surface area contributed by atoms with Crippen LogP contribution in [0.1, 0.15) is 11.6 Å². The molecule has 1 aromatic rings. The summed E-state index contributed by atoms with van der Waals surface area (Å²) in [5.41, 5.74) is 5.32.